The second kappa shape index (κ2) is 6.41. The van der Waals surface area contributed by atoms with Crippen LogP contribution in [0.15, 0.2) is 42.5 Å². The zero-order valence-corrected chi connectivity index (χ0v) is 11.7. The Morgan fingerprint density at radius 2 is 1.67 bits per heavy atom. The van der Waals surface area contributed by atoms with Crippen LogP contribution in [0.3, 0.4) is 0 Å². The third kappa shape index (κ3) is 3.82. The van der Waals surface area contributed by atoms with Crippen LogP contribution in [0.4, 0.5) is 14.5 Å². The fourth-order valence-corrected chi connectivity index (χ4v) is 1.91. The number of nitrogens with one attached hydrogen (secondary N) is 1. The topological polar surface area (TPSA) is 55.1 Å². The fourth-order valence-electron chi connectivity index (χ4n) is 1.77. The number of thiocarbonyl (C=S) groups is 1. The number of para-hydroxylation sites is 1. The first-order valence-corrected chi connectivity index (χ1v) is 6.51. The molecule has 0 atom stereocenters. The van der Waals surface area contributed by atoms with Gasteiger partial charge in [0.2, 0.25) is 5.91 Å². The van der Waals surface area contributed by atoms with Crippen molar-refractivity contribution >= 4 is 28.8 Å². The van der Waals surface area contributed by atoms with Crippen molar-refractivity contribution in [3.8, 4) is 0 Å². The average Bonchev–Trinajstić information content (AvgIpc) is 2.43. The van der Waals surface area contributed by atoms with E-state index >= 15 is 0 Å². The van der Waals surface area contributed by atoms with Gasteiger partial charge in [0.25, 0.3) is 0 Å². The Morgan fingerprint density at radius 3 is 2.19 bits per heavy atom. The van der Waals surface area contributed by atoms with Crippen molar-refractivity contribution in [1.82, 2.24) is 0 Å². The molecule has 108 valence electrons. The number of hydrogen-bond acceptors (Lipinski definition) is 2. The SMILES string of the molecule is NC(=S)c1ccc(CC(=O)Nc2c(F)cccc2F)cc1. The molecule has 0 aliphatic rings. The quantitative estimate of drug-likeness (QED) is 0.854. The molecule has 0 heterocycles. The van der Waals surface area contributed by atoms with Gasteiger partial charge in [-0.2, -0.15) is 0 Å². The molecule has 3 N–H and O–H groups in total. The van der Waals surface area contributed by atoms with Crippen LogP contribution in [0.2, 0.25) is 0 Å². The summed E-state index contributed by atoms with van der Waals surface area (Å²) in [6.45, 7) is 0. The lowest BCUT2D eigenvalue weighted by atomic mass is 10.1. The van der Waals surface area contributed by atoms with Crippen molar-refractivity contribution in [1.29, 1.82) is 0 Å². The molecule has 0 aromatic heterocycles. The van der Waals surface area contributed by atoms with Gasteiger partial charge in [0.15, 0.2) is 0 Å². The van der Waals surface area contributed by atoms with Crippen LogP contribution >= 0.6 is 12.2 Å². The Morgan fingerprint density at radius 1 is 1.10 bits per heavy atom. The number of carbonyl (C=O) groups is 1. The Labute approximate surface area is 125 Å². The minimum absolute atomic E-state index is 0.00854. The van der Waals surface area contributed by atoms with Crippen LogP contribution in [-0.2, 0) is 11.2 Å². The highest BCUT2D eigenvalue weighted by atomic mass is 32.1. The molecule has 0 unspecified atom stereocenters. The molecular formula is C15H12F2N2OS. The molecule has 0 spiro atoms. The first-order valence-electron chi connectivity index (χ1n) is 6.10. The maximum absolute atomic E-state index is 13.4. The molecular weight excluding hydrogens is 294 g/mol. The van der Waals surface area contributed by atoms with Crippen molar-refractivity contribution in [3.05, 3.63) is 65.2 Å². The van der Waals surface area contributed by atoms with Gasteiger partial charge in [0, 0.05) is 5.56 Å². The van der Waals surface area contributed by atoms with E-state index in [2.05, 4.69) is 5.32 Å². The summed E-state index contributed by atoms with van der Waals surface area (Å²) in [6, 6.07) is 10.1. The monoisotopic (exact) mass is 306 g/mol. The second-order valence-corrected chi connectivity index (χ2v) is 4.82. The highest BCUT2D eigenvalue weighted by molar-refractivity contribution is 7.80. The molecule has 3 nitrogen and oxygen atoms in total. The Bertz CT molecular complexity index is 666. The van der Waals surface area contributed by atoms with Crippen molar-refractivity contribution in [2.24, 2.45) is 5.73 Å². The summed E-state index contributed by atoms with van der Waals surface area (Å²) in [6.07, 6.45) is -0.00854. The number of halogens is 2. The number of anilines is 1. The van der Waals surface area contributed by atoms with Gasteiger partial charge in [-0.1, -0.05) is 42.5 Å². The average molecular weight is 306 g/mol. The number of nitrogens with two attached hydrogens (primary N) is 1. The van der Waals surface area contributed by atoms with Crippen LogP contribution in [-0.4, -0.2) is 10.9 Å². The van der Waals surface area contributed by atoms with Gasteiger partial charge in [-0.15, -0.1) is 0 Å². The normalized spacial score (nSPS) is 10.2. The zero-order chi connectivity index (χ0) is 15.4. The minimum Gasteiger partial charge on any atom is -0.389 e. The predicted molar refractivity (Wildman–Crippen MR) is 81.0 cm³/mol. The lowest BCUT2D eigenvalue weighted by molar-refractivity contribution is -0.115. The van der Waals surface area contributed by atoms with Gasteiger partial charge >= 0.3 is 0 Å². The van der Waals surface area contributed by atoms with E-state index in [0.717, 1.165) is 12.1 Å². The fraction of sp³-hybridized carbons (Fsp3) is 0.0667. The molecule has 2 rings (SSSR count). The lowest BCUT2D eigenvalue weighted by Crippen LogP contribution is -2.16. The maximum atomic E-state index is 13.4. The molecule has 0 fully saturated rings. The van der Waals surface area contributed by atoms with E-state index in [1.807, 2.05) is 0 Å². The summed E-state index contributed by atoms with van der Waals surface area (Å²) in [4.78, 5) is 12.1. The zero-order valence-electron chi connectivity index (χ0n) is 10.9. The molecule has 2 aromatic carbocycles. The third-order valence-electron chi connectivity index (χ3n) is 2.83. The number of amides is 1. The second-order valence-electron chi connectivity index (χ2n) is 4.38. The van der Waals surface area contributed by atoms with Crippen LogP contribution in [0.1, 0.15) is 11.1 Å². The number of rotatable bonds is 4. The standard InChI is InChI=1S/C15H12F2N2OS/c16-11-2-1-3-12(17)14(11)19-13(20)8-9-4-6-10(7-5-9)15(18)21/h1-7H,8H2,(H2,18,21)(H,19,20). The van der Waals surface area contributed by atoms with Gasteiger partial charge in [-0.25, -0.2) is 8.78 Å². The Kier molecular flexibility index (Phi) is 4.59. The van der Waals surface area contributed by atoms with Gasteiger partial charge in [-0.05, 0) is 17.7 Å². The van der Waals surface area contributed by atoms with E-state index in [4.69, 9.17) is 18.0 Å². The minimum atomic E-state index is -0.813. The van der Waals surface area contributed by atoms with E-state index in [9.17, 15) is 13.6 Å². The predicted octanol–water partition coefficient (Wildman–Crippen LogP) is 2.78. The highest BCUT2D eigenvalue weighted by Crippen LogP contribution is 2.18. The van der Waals surface area contributed by atoms with E-state index in [-0.39, 0.29) is 11.4 Å². The summed E-state index contributed by atoms with van der Waals surface area (Å²) < 4.78 is 26.8. The van der Waals surface area contributed by atoms with Crippen LogP contribution in [0.5, 0.6) is 0 Å². The van der Waals surface area contributed by atoms with Gasteiger partial charge in [0.05, 0.1) is 6.42 Å². The lowest BCUT2D eigenvalue weighted by Gasteiger charge is -2.08. The summed E-state index contributed by atoms with van der Waals surface area (Å²) in [5.74, 6) is -2.14. The third-order valence-corrected chi connectivity index (χ3v) is 3.07. The first-order chi connectivity index (χ1) is 9.97. The highest BCUT2D eigenvalue weighted by Gasteiger charge is 2.12. The van der Waals surface area contributed by atoms with Gasteiger partial charge in [-0.3, -0.25) is 4.79 Å². The molecule has 0 aliphatic carbocycles. The Balaban J connectivity index is 2.06. The molecule has 0 radical (unpaired) electrons. The van der Waals surface area contributed by atoms with Crippen LogP contribution in [0.25, 0.3) is 0 Å². The van der Waals surface area contributed by atoms with E-state index in [1.165, 1.54) is 6.07 Å². The summed E-state index contributed by atoms with van der Waals surface area (Å²) in [7, 11) is 0. The van der Waals surface area contributed by atoms with E-state index in [1.54, 1.807) is 24.3 Å². The largest absolute Gasteiger partial charge is 0.389 e. The summed E-state index contributed by atoms with van der Waals surface area (Å²) >= 11 is 4.82. The molecule has 0 saturated carbocycles. The van der Waals surface area contributed by atoms with Gasteiger partial charge in [0.1, 0.15) is 22.3 Å². The van der Waals surface area contributed by atoms with Crippen LogP contribution < -0.4 is 11.1 Å². The molecule has 21 heavy (non-hydrogen) atoms. The molecule has 0 aliphatic heterocycles. The molecule has 0 bridgehead atoms. The summed E-state index contributed by atoms with van der Waals surface area (Å²) in [5, 5.41) is 2.22. The van der Waals surface area contributed by atoms with Gasteiger partial charge < -0.3 is 11.1 Å². The Hall–Kier alpha value is -2.34. The number of hydrogen-bond donors (Lipinski definition) is 2. The maximum Gasteiger partial charge on any atom is 0.228 e. The number of benzene rings is 2. The smallest absolute Gasteiger partial charge is 0.228 e. The number of carbonyl (C=O) groups excluding carboxylic acids is 1. The first kappa shape index (κ1) is 15.1. The summed E-state index contributed by atoms with van der Waals surface area (Å²) in [5.41, 5.74) is 6.40. The van der Waals surface area contributed by atoms with E-state index in [0.29, 0.717) is 11.1 Å². The van der Waals surface area contributed by atoms with Crippen LogP contribution in [0, 0.1) is 11.6 Å². The molecule has 0 saturated heterocycles. The van der Waals surface area contributed by atoms with Crippen molar-refractivity contribution in [3.63, 3.8) is 0 Å². The van der Waals surface area contributed by atoms with Crippen molar-refractivity contribution in [2.75, 3.05) is 5.32 Å². The van der Waals surface area contributed by atoms with Crippen molar-refractivity contribution in [2.45, 2.75) is 6.42 Å². The molecule has 2 aromatic rings. The van der Waals surface area contributed by atoms with E-state index < -0.39 is 23.2 Å². The molecule has 6 heteroatoms. The molecule has 1 amide bonds. The van der Waals surface area contributed by atoms with Crippen molar-refractivity contribution < 1.29 is 13.6 Å².